The number of ether oxygens (including phenoxy) is 2. The van der Waals surface area contributed by atoms with Gasteiger partial charge in [0.05, 0.1) is 18.3 Å². The molecule has 35 heavy (non-hydrogen) atoms. The minimum atomic E-state index is -0.175. The van der Waals surface area contributed by atoms with Gasteiger partial charge in [-0.25, -0.2) is 0 Å². The van der Waals surface area contributed by atoms with Gasteiger partial charge in [0.2, 0.25) is 0 Å². The molecule has 178 valence electrons. The summed E-state index contributed by atoms with van der Waals surface area (Å²) in [6.45, 7) is 1.97. The zero-order valence-electron chi connectivity index (χ0n) is 19.6. The maximum Gasteiger partial charge on any atom is 0.256 e. The van der Waals surface area contributed by atoms with Crippen LogP contribution >= 0.6 is 0 Å². The number of hydrogen-bond acceptors (Lipinski definition) is 4. The Morgan fingerprint density at radius 3 is 2.63 bits per heavy atom. The number of para-hydroxylation sites is 2. The fraction of sp³-hybridized carbons (Fsp3) is 0.241. The molecular weight excluding hydrogens is 438 g/mol. The monoisotopic (exact) mass is 467 g/mol. The van der Waals surface area contributed by atoms with Gasteiger partial charge < -0.3 is 14.8 Å². The Balaban J connectivity index is 1.30. The smallest absolute Gasteiger partial charge is 0.256 e. The Labute approximate surface area is 205 Å². The van der Waals surface area contributed by atoms with E-state index in [4.69, 9.17) is 9.47 Å². The second-order valence-corrected chi connectivity index (χ2v) is 8.70. The van der Waals surface area contributed by atoms with Crippen molar-refractivity contribution in [1.82, 2.24) is 9.78 Å². The van der Waals surface area contributed by atoms with Crippen LogP contribution in [0.4, 0.5) is 5.69 Å². The van der Waals surface area contributed by atoms with Gasteiger partial charge in [-0.2, -0.15) is 5.10 Å². The molecule has 1 unspecified atom stereocenters. The number of nitrogens with zero attached hydrogens (tertiary/aromatic N) is 2. The number of benzene rings is 3. The first-order valence-corrected chi connectivity index (χ1v) is 12.1. The molecule has 0 bridgehead atoms. The van der Waals surface area contributed by atoms with Crippen molar-refractivity contribution in [2.45, 2.75) is 31.9 Å². The minimum absolute atomic E-state index is 0.101. The van der Waals surface area contributed by atoms with Crippen molar-refractivity contribution in [3.63, 3.8) is 0 Å². The predicted molar refractivity (Wildman–Crippen MR) is 137 cm³/mol. The third-order valence-electron chi connectivity index (χ3n) is 6.17. The molecule has 5 rings (SSSR count). The van der Waals surface area contributed by atoms with Crippen LogP contribution in [0.2, 0.25) is 0 Å². The molecular formula is C29H29N3O3. The van der Waals surface area contributed by atoms with Gasteiger partial charge in [0, 0.05) is 24.6 Å². The van der Waals surface area contributed by atoms with Gasteiger partial charge in [-0.3, -0.25) is 9.48 Å². The van der Waals surface area contributed by atoms with Gasteiger partial charge in [-0.1, -0.05) is 54.6 Å². The first-order valence-electron chi connectivity index (χ1n) is 12.1. The van der Waals surface area contributed by atoms with Crippen molar-refractivity contribution < 1.29 is 14.3 Å². The van der Waals surface area contributed by atoms with Crippen molar-refractivity contribution in [3.05, 3.63) is 102 Å². The van der Waals surface area contributed by atoms with Crippen LogP contribution in [-0.4, -0.2) is 35.0 Å². The number of carbonyl (C=O) groups is 1. The second kappa shape index (κ2) is 11.0. The van der Waals surface area contributed by atoms with E-state index in [9.17, 15) is 4.79 Å². The lowest BCUT2D eigenvalue weighted by Crippen LogP contribution is -2.26. The van der Waals surface area contributed by atoms with Gasteiger partial charge in [0.25, 0.3) is 5.91 Å². The quantitative estimate of drug-likeness (QED) is 0.356. The molecule has 1 fully saturated rings. The second-order valence-electron chi connectivity index (χ2n) is 8.70. The lowest BCUT2D eigenvalue weighted by atomic mass is 9.98. The summed E-state index contributed by atoms with van der Waals surface area (Å²) in [6.07, 6.45) is 7.09. The number of hydrogen-bond donors (Lipinski definition) is 1. The molecule has 4 aromatic rings. The van der Waals surface area contributed by atoms with Gasteiger partial charge in [0.1, 0.15) is 12.4 Å². The van der Waals surface area contributed by atoms with Crippen LogP contribution in [0, 0.1) is 0 Å². The molecule has 0 radical (unpaired) electrons. The van der Waals surface area contributed by atoms with E-state index >= 15 is 0 Å². The van der Waals surface area contributed by atoms with Gasteiger partial charge in [-0.15, -0.1) is 0 Å². The van der Waals surface area contributed by atoms with Gasteiger partial charge in [0.15, 0.2) is 0 Å². The molecule has 6 heteroatoms. The average Bonchev–Trinajstić information content (AvgIpc) is 3.42. The number of nitrogens with one attached hydrogen (secondary N) is 1. The van der Waals surface area contributed by atoms with E-state index < -0.39 is 0 Å². The van der Waals surface area contributed by atoms with Crippen LogP contribution in [0.3, 0.4) is 0 Å². The summed E-state index contributed by atoms with van der Waals surface area (Å²) in [5, 5.41) is 7.31. The van der Waals surface area contributed by atoms with Crippen molar-refractivity contribution >= 4 is 11.6 Å². The average molecular weight is 468 g/mol. The lowest BCUT2D eigenvalue weighted by Gasteiger charge is -2.23. The molecule has 1 aliphatic heterocycles. The zero-order valence-corrected chi connectivity index (χ0v) is 19.6. The molecule has 0 saturated carbocycles. The summed E-state index contributed by atoms with van der Waals surface area (Å²) >= 11 is 0. The van der Waals surface area contributed by atoms with Gasteiger partial charge >= 0.3 is 0 Å². The highest BCUT2D eigenvalue weighted by atomic mass is 16.5. The number of rotatable bonds is 8. The fourth-order valence-corrected chi connectivity index (χ4v) is 4.31. The minimum Gasteiger partial charge on any atom is -0.489 e. The summed E-state index contributed by atoms with van der Waals surface area (Å²) in [7, 11) is 0. The first-order chi connectivity index (χ1) is 17.3. The topological polar surface area (TPSA) is 65.4 Å². The molecule has 1 saturated heterocycles. The van der Waals surface area contributed by atoms with Crippen LogP contribution in [0.15, 0.2) is 91.3 Å². The molecule has 6 nitrogen and oxygen atoms in total. The zero-order chi connectivity index (χ0) is 23.9. The standard InChI is InChI=1S/C29H29N3O3/c33-29(31-27-11-3-4-12-28(27)35-21-24-8-5-6-19-34-24)26-10-2-1-9-25(26)23-15-13-22(14-16-23)20-32-18-7-17-30-32/h1-4,7,9-18,24H,5-6,8,19-21H2,(H,31,33). The van der Waals surface area contributed by atoms with Crippen molar-refractivity contribution in [3.8, 4) is 16.9 Å². The fourth-order valence-electron chi connectivity index (χ4n) is 4.31. The maximum atomic E-state index is 13.3. The van der Waals surface area contributed by atoms with Crippen LogP contribution in [0.5, 0.6) is 5.75 Å². The van der Waals surface area contributed by atoms with E-state index in [1.54, 1.807) is 6.20 Å². The molecule has 1 N–H and O–H groups in total. The van der Waals surface area contributed by atoms with Crippen LogP contribution < -0.4 is 10.1 Å². The number of anilines is 1. The highest BCUT2D eigenvalue weighted by Crippen LogP contribution is 2.28. The van der Waals surface area contributed by atoms with Crippen molar-refractivity contribution in [2.24, 2.45) is 0 Å². The Kier molecular flexibility index (Phi) is 7.20. The van der Waals surface area contributed by atoms with E-state index in [1.807, 2.05) is 77.6 Å². The van der Waals surface area contributed by atoms with E-state index in [2.05, 4.69) is 22.5 Å². The molecule has 1 aromatic heterocycles. The third-order valence-corrected chi connectivity index (χ3v) is 6.17. The van der Waals surface area contributed by atoms with Crippen LogP contribution in [0.1, 0.15) is 35.2 Å². The lowest BCUT2D eigenvalue weighted by molar-refractivity contribution is -0.0109. The van der Waals surface area contributed by atoms with Crippen LogP contribution in [-0.2, 0) is 11.3 Å². The summed E-state index contributed by atoms with van der Waals surface area (Å²) < 4.78 is 13.7. The number of carbonyl (C=O) groups excluding carboxylic acids is 1. The molecule has 2 heterocycles. The summed E-state index contributed by atoms with van der Waals surface area (Å²) in [5.41, 5.74) is 4.27. The normalized spacial score (nSPS) is 15.5. The molecule has 0 spiro atoms. The van der Waals surface area contributed by atoms with E-state index in [0.717, 1.165) is 42.6 Å². The summed E-state index contributed by atoms with van der Waals surface area (Å²) in [6, 6.07) is 25.3. The highest BCUT2D eigenvalue weighted by Gasteiger charge is 2.17. The largest absolute Gasteiger partial charge is 0.489 e. The van der Waals surface area contributed by atoms with E-state index in [1.165, 1.54) is 0 Å². The molecule has 1 atom stereocenters. The maximum absolute atomic E-state index is 13.3. The van der Waals surface area contributed by atoms with E-state index in [0.29, 0.717) is 30.2 Å². The molecule has 0 aliphatic carbocycles. The molecule has 3 aromatic carbocycles. The summed E-state index contributed by atoms with van der Waals surface area (Å²) in [4.78, 5) is 13.3. The van der Waals surface area contributed by atoms with E-state index in [-0.39, 0.29) is 12.0 Å². The Bertz CT molecular complexity index is 1250. The predicted octanol–water partition coefficient (Wildman–Crippen LogP) is 5.80. The number of amides is 1. The molecule has 1 amide bonds. The van der Waals surface area contributed by atoms with Crippen molar-refractivity contribution in [2.75, 3.05) is 18.5 Å². The van der Waals surface area contributed by atoms with Gasteiger partial charge in [-0.05, 0) is 60.2 Å². The third kappa shape index (κ3) is 5.78. The summed E-state index contributed by atoms with van der Waals surface area (Å²) in [5.74, 6) is 0.474. The van der Waals surface area contributed by atoms with Crippen LogP contribution in [0.25, 0.3) is 11.1 Å². The Morgan fingerprint density at radius 1 is 1.00 bits per heavy atom. The Hall–Kier alpha value is -3.90. The number of aromatic nitrogens is 2. The Morgan fingerprint density at radius 2 is 1.83 bits per heavy atom. The highest BCUT2D eigenvalue weighted by molar-refractivity contribution is 6.09. The SMILES string of the molecule is O=C(Nc1ccccc1OCC1CCCCO1)c1ccccc1-c1ccc(Cn2cccn2)cc1. The molecule has 1 aliphatic rings. The first kappa shape index (κ1) is 22.9. The van der Waals surface area contributed by atoms with Crippen molar-refractivity contribution in [1.29, 1.82) is 0 Å².